The summed E-state index contributed by atoms with van der Waals surface area (Å²) in [7, 11) is 0. The average Bonchev–Trinajstić information content (AvgIpc) is 2.57. The highest BCUT2D eigenvalue weighted by atomic mass is 16.7. The van der Waals surface area contributed by atoms with Gasteiger partial charge < -0.3 is 9.47 Å². The Kier molecular flexibility index (Phi) is 2.89. The first-order valence-electron chi connectivity index (χ1n) is 4.97. The van der Waals surface area contributed by atoms with E-state index >= 15 is 0 Å². The largest absolute Gasteiger partial charge is 0.347 e. The average molecular weight is 222 g/mol. The van der Waals surface area contributed by atoms with Crippen LogP contribution in [0.3, 0.4) is 0 Å². The maximum atomic E-state index is 10.9. The van der Waals surface area contributed by atoms with Crippen molar-refractivity contribution < 1.29 is 14.4 Å². The molecule has 5 heteroatoms. The van der Waals surface area contributed by atoms with Crippen LogP contribution in [-0.4, -0.2) is 17.3 Å². The van der Waals surface area contributed by atoms with Gasteiger partial charge in [0, 0.05) is 6.07 Å². The van der Waals surface area contributed by atoms with Gasteiger partial charge in [0.25, 0.3) is 5.69 Å². The molecular formula is C11H12NO4. The molecule has 1 saturated heterocycles. The number of benzene rings is 1. The smallest absolute Gasteiger partial charge is 0.275 e. The third kappa shape index (κ3) is 1.91. The summed E-state index contributed by atoms with van der Waals surface area (Å²) in [6, 6.07) is 6.48. The van der Waals surface area contributed by atoms with Crippen LogP contribution in [-0.2, 0) is 9.47 Å². The van der Waals surface area contributed by atoms with E-state index in [0.717, 1.165) is 0 Å². The Balaban J connectivity index is 2.36. The highest BCUT2D eigenvalue weighted by Crippen LogP contribution is 2.36. The van der Waals surface area contributed by atoms with Gasteiger partial charge in [-0.25, -0.2) is 0 Å². The molecule has 16 heavy (non-hydrogen) atoms. The summed E-state index contributed by atoms with van der Waals surface area (Å²) in [6.45, 7) is 5.52. The number of para-hydroxylation sites is 1. The van der Waals surface area contributed by atoms with Gasteiger partial charge in [-0.1, -0.05) is 12.1 Å². The van der Waals surface area contributed by atoms with Crippen molar-refractivity contribution in [2.45, 2.75) is 25.4 Å². The zero-order valence-corrected chi connectivity index (χ0v) is 8.83. The van der Waals surface area contributed by atoms with E-state index in [4.69, 9.17) is 9.47 Å². The van der Waals surface area contributed by atoms with E-state index in [1.165, 1.54) is 6.07 Å². The number of nitrogens with zero attached hydrogens (tertiary/aromatic N) is 1. The number of hydrogen-bond donors (Lipinski definition) is 0. The number of hydrogen-bond acceptors (Lipinski definition) is 4. The number of rotatable bonds is 2. The Bertz CT molecular complexity index is 407. The molecule has 1 heterocycles. The highest BCUT2D eigenvalue weighted by molar-refractivity contribution is 5.42. The molecular weight excluding hydrogens is 210 g/mol. The Morgan fingerprint density at radius 2 is 2.06 bits per heavy atom. The standard InChI is InChI=1S/C11H12NO4/c1-7-11(16-8(2)15-7)9-5-3-4-6-10(9)12(13)14/h3-8,11H,1H2,2H3. The van der Waals surface area contributed by atoms with Crippen LogP contribution in [0.15, 0.2) is 24.3 Å². The van der Waals surface area contributed by atoms with Crippen molar-refractivity contribution in [3.8, 4) is 0 Å². The fourth-order valence-electron chi connectivity index (χ4n) is 1.81. The van der Waals surface area contributed by atoms with Gasteiger partial charge in [-0.05, 0) is 19.9 Å². The number of nitro groups is 1. The van der Waals surface area contributed by atoms with Gasteiger partial charge in [0.15, 0.2) is 6.29 Å². The normalized spacial score (nSPS) is 29.2. The summed E-state index contributed by atoms with van der Waals surface area (Å²) >= 11 is 0. The topological polar surface area (TPSA) is 61.6 Å². The molecule has 0 spiro atoms. The van der Waals surface area contributed by atoms with Crippen molar-refractivity contribution in [3.63, 3.8) is 0 Å². The summed E-state index contributed by atoms with van der Waals surface area (Å²) in [5.74, 6) is 0. The molecule has 0 saturated carbocycles. The van der Waals surface area contributed by atoms with Crippen molar-refractivity contribution in [2.24, 2.45) is 0 Å². The predicted molar refractivity (Wildman–Crippen MR) is 56.6 cm³/mol. The molecule has 0 bridgehead atoms. The second kappa shape index (κ2) is 4.19. The summed E-state index contributed by atoms with van der Waals surface area (Å²) in [5.41, 5.74) is 0.552. The van der Waals surface area contributed by atoms with Gasteiger partial charge in [-0.2, -0.15) is 0 Å². The van der Waals surface area contributed by atoms with E-state index in [9.17, 15) is 10.1 Å². The molecule has 1 aliphatic heterocycles. The molecule has 1 aromatic rings. The van der Waals surface area contributed by atoms with Crippen LogP contribution in [0.1, 0.15) is 18.6 Å². The molecule has 1 fully saturated rings. The summed E-state index contributed by atoms with van der Waals surface area (Å²) in [5, 5.41) is 10.9. The van der Waals surface area contributed by atoms with Crippen molar-refractivity contribution in [2.75, 3.05) is 0 Å². The van der Waals surface area contributed by atoms with Gasteiger partial charge in [-0.15, -0.1) is 0 Å². The summed E-state index contributed by atoms with van der Waals surface area (Å²) in [6.07, 6.45) is -1.28. The lowest BCUT2D eigenvalue weighted by Crippen LogP contribution is -2.12. The van der Waals surface area contributed by atoms with E-state index in [1.54, 1.807) is 25.1 Å². The second-order valence-electron chi connectivity index (χ2n) is 3.61. The number of ether oxygens (including phenoxy) is 2. The minimum atomic E-state index is -0.475. The maximum absolute atomic E-state index is 10.9. The molecule has 2 rings (SSSR count). The zero-order chi connectivity index (χ0) is 11.7. The molecule has 3 atom stereocenters. The molecule has 5 nitrogen and oxygen atoms in total. The molecule has 85 valence electrons. The van der Waals surface area contributed by atoms with E-state index in [-0.39, 0.29) is 12.0 Å². The number of nitro benzene ring substituents is 1. The van der Waals surface area contributed by atoms with Crippen LogP contribution in [0.4, 0.5) is 5.69 Å². The third-order valence-corrected chi connectivity index (χ3v) is 2.48. The Morgan fingerprint density at radius 3 is 2.62 bits per heavy atom. The molecule has 0 N–H and O–H groups in total. The minimum absolute atomic E-state index is 0.0406. The molecule has 0 aliphatic carbocycles. The summed E-state index contributed by atoms with van der Waals surface area (Å²) < 4.78 is 10.8. The van der Waals surface area contributed by atoms with Crippen LogP contribution in [0, 0.1) is 17.0 Å². The molecule has 1 aliphatic rings. The minimum Gasteiger partial charge on any atom is -0.347 e. The lowest BCUT2D eigenvalue weighted by molar-refractivity contribution is -0.386. The second-order valence-corrected chi connectivity index (χ2v) is 3.61. The van der Waals surface area contributed by atoms with E-state index in [1.807, 2.05) is 0 Å². The van der Waals surface area contributed by atoms with Crippen LogP contribution in [0.5, 0.6) is 0 Å². The third-order valence-electron chi connectivity index (χ3n) is 2.48. The molecule has 1 radical (unpaired) electrons. The van der Waals surface area contributed by atoms with Crippen molar-refractivity contribution >= 4 is 5.69 Å². The SMILES string of the molecule is [CH2]C1OC(C)OC1c1ccccc1[N+](=O)[O-]. The van der Waals surface area contributed by atoms with Gasteiger partial charge in [-0.3, -0.25) is 10.1 Å². The fourth-order valence-corrected chi connectivity index (χ4v) is 1.81. The quantitative estimate of drug-likeness (QED) is 0.568. The highest BCUT2D eigenvalue weighted by Gasteiger charge is 2.35. The molecule has 1 aromatic carbocycles. The monoisotopic (exact) mass is 222 g/mol. The van der Waals surface area contributed by atoms with Gasteiger partial charge in [0.2, 0.25) is 0 Å². The molecule has 0 amide bonds. The van der Waals surface area contributed by atoms with Gasteiger partial charge >= 0.3 is 0 Å². The van der Waals surface area contributed by atoms with Crippen molar-refractivity contribution in [3.05, 3.63) is 46.9 Å². The van der Waals surface area contributed by atoms with Crippen LogP contribution >= 0.6 is 0 Å². The van der Waals surface area contributed by atoms with Gasteiger partial charge in [0.05, 0.1) is 16.6 Å². The molecule has 0 aromatic heterocycles. The van der Waals surface area contributed by atoms with E-state index in [0.29, 0.717) is 5.56 Å². The van der Waals surface area contributed by atoms with Crippen molar-refractivity contribution in [1.82, 2.24) is 0 Å². The first kappa shape index (κ1) is 11.0. The lowest BCUT2D eigenvalue weighted by atomic mass is 10.0. The van der Waals surface area contributed by atoms with E-state index in [2.05, 4.69) is 6.92 Å². The van der Waals surface area contributed by atoms with Gasteiger partial charge in [0.1, 0.15) is 6.10 Å². The Morgan fingerprint density at radius 1 is 1.38 bits per heavy atom. The first-order chi connectivity index (χ1) is 7.59. The van der Waals surface area contributed by atoms with Crippen LogP contribution in [0.25, 0.3) is 0 Å². The van der Waals surface area contributed by atoms with Crippen LogP contribution < -0.4 is 0 Å². The summed E-state index contributed by atoms with van der Waals surface area (Å²) in [4.78, 5) is 10.4. The fraction of sp³-hybridized carbons (Fsp3) is 0.364. The first-order valence-corrected chi connectivity index (χ1v) is 4.97. The predicted octanol–water partition coefficient (Wildman–Crippen LogP) is 2.23. The Hall–Kier alpha value is -1.46. The maximum Gasteiger partial charge on any atom is 0.275 e. The van der Waals surface area contributed by atoms with Crippen molar-refractivity contribution in [1.29, 1.82) is 0 Å². The van der Waals surface area contributed by atoms with E-state index < -0.39 is 17.1 Å². The lowest BCUT2D eigenvalue weighted by Gasteiger charge is -2.12. The van der Waals surface area contributed by atoms with Crippen LogP contribution in [0.2, 0.25) is 0 Å². The zero-order valence-electron chi connectivity index (χ0n) is 8.83. The molecule has 3 unspecified atom stereocenters. The Labute approximate surface area is 93.1 Å².